The van der Waals surface area contributed by atoms with E-state index in [0.717, 1.165) is 0 Å². The lowest BCUT2D eigenvalue weighted by Gasteiger charge is -2.07. The number of carbonyl (C=O) groups is 1. The van der Waals surface area contributed by atoms with E-state index in [9.17, 15) is 13.2 Å². The lowest BCUT2D eigenvalue weighted by Crippen LogP contribution is -2.11. The van der Waals surface area contributed by atoms with Gasteiger partial charge in [0.1, 0.15) is 5.75 Å². The van der Waals surface area contributed by atoms with E-state index in [1.807, 2.05) is 6.07 Å². The SMILES string of the molecule is COC(=O)c1ccccc1/C=C/c1cn(S(=O)(=O)c2ccccc2)c2ccc(OC)cc12. The third kappa shape index (κ3) is 3.90. The topological polar surface area (TPSA) is 74.6 Å². The number of hydrogen-bond acceptors (Lipinski definition) is 5. The van der Waals surface area contributed by atoms with Crippen LogP contribution < -0.4 is 4.74 Å². The number of benzene rings is 3. The lowest BCUT2D eigenvalue weighted by atomic mass is 10.1. The molecule has 0 aliphatic carbocycles. The highest BCUT2D eigenvalue weighted by molar-refractivity contribution is 7.90. The molecule has 0 amide bonds. The number of fused-ring (bicyclic) bond motifs is 1. The molecule has 0 saturated heterocycles. The monoisotopic (exact) mass is 447 g/mol. The van der Waals surface area contributed by atoms with Crippen LogP contribution in [0.2, 0.25) is 0 Å². The average molecular weight is 448 g/mol. The molecule has 4 rings (SSSR count). The lowest BCUT2D eigenvalue weighted by molar-refractivity contribution is 0.0600. The minimum atomic E-state index is -3.80. The Morgan fingerprint density at radius 1 is 0.875 bits per heavy atom. The highest BCUT2D eigenvalue weighted by Gasteiger charge is 2.21. The summed E-state index contributed by atoms with van der Waals surface area (Å²) in [4.78, 5) is 12.3. The van der Waals surface area contributed by atoms with E-state index >= 15 is 0 Å². The second-order valence-corrected chi connectivity index (χ2v) is 8.81. The molecule has 6 nitrogen and oxygen atoms in total. The standard InChI is InChI=1S/C25H21NO5S/c1-30-20-14-15-24-23(16-20)19(13-12-18-8-6-7-11-22(18)25(27)31-2)17-26(24)32(28,29)21-9-4-3-5-10-21/h3-17H,1-2H3/b13-12+. The van der Waals surface area contributed by atoms with Gasteiger partial charge in [-0.1, -0.05) is 48.6 Å². The maximum absolute atomic E-state index is 13.3. The van der Waals surface area contributed by atoms with Crippen molar-refractivity contribution in [1.29, 1.82) is 0 Å². The van der Waals surface area contributed by atoms with Crippen LogP contribution in [0.25, 0.3) is 23.1 Å². The smallest absolute Gasteiger partial charge is 0.338 e. The Morgan fingerprint density at radius 2 is 1.56 bits per heavy atom. The zero-order valence-electron chi connectivity index (χ0n) is 17.6. The van der Waals surface area contributed by atoms with Crippen molar-refractivity contribution in [3.63, 3.8) is 0 Å². The van der Waals surface area contributed by atoms with Crippen molar-refractivity contribution in [1.82, 2.24) is 3.97 Å². The minimum absolute atomic E-state index is 0.194. The summed E-state index contributed by atoms with van der Waals surface area (Å²) in [7, 11) is -0.918. The van der Waals surface area contributed by atoms with Gasteiger partial charge in [0.15, 0.2) is 0 Å². The summed E-state index contributed by atoms with van der Waals surface area (Å²) >= 11 is 0. The molecule has 0 saturated carbocycles. The molecule has 3 aromatic carbocycles. The number of carbonyl (C=O) groups excluding carboxylic acids is 1. The average Bonchev–Trinajstić information content (AvgIpc) is 3.21. The van der Waals surface area contributed by atoms with Crippen molar-refractivity contribution in [2.75, 3.05) is 14.2 Å². The number of methoxy groups -OCH3 is 2. The molecule has 0 bridgehead atoms. The van der Waals surface area contributed by atoms with Gasteiger partial charge in [-0.3, -0.25) is 0 Å². The zero-order valence-corrected chi connectivity index (χ0v) is 18.4. The van der Waals surface area contributed by atoms with Crippen molar-refractivity contribution in [2.24, 2.45) is 0 Å². The Labute approximate surface area is 186 Å². The molecule has 4 aromatic rings. The van der Waals surface area contributed by atoms with Crippen LogP contribution in [0, 0.1) is 0 Å². The zero-order chi connectivity index (χ0) is 22.7. The van der Waals surface area contributed by atoms with Crippen LogP contribution in [0.1, 0.15) is 21.5 Å². The third-order valence-corrected chi connectivity index (χ3v) is 6.80. The Morgan fingerprint density at radius 3 is 2.28 bits per heavy atom. The molecule has 1 aromatic heterocycles. The van der Waals surface area contributed by atoms with Crippen LogP contribution in [0.15, 0.2) is 83.9 Å². The quantitative estimate of drug-likeness (QED) is 0.395. The van der Waals surface area contributed by atoms with Crippen LogP contribution in [0.5, 0.6) is 5.75 Å². The fraction of sp³-hybridized carbons (Fsp3) is 0.0800. The predicted octanol–water partition coefficient (Wildman–Crippen LogP) is 4.84. The van der Waals surface area contributed by atoms with E-state index in [2.05, 4.69) is 0 Å². The number of nitrogens with zero attached hydrogens (tertiary/aromatic N) is 1. The van der Waals surface area contributed by atoms with Gasteiger partial charge in [0.2, 0.25) is 0 Å². The van der Waals surface area contributed by atoms with E-state index in [1.165, 1.54) is 11.1 Å². The molecule has 0 aliphatic heterocycles. The van der Waals surface area contributed by atoms with Gasteiger partial charge in [-0.25, -0.2) is 17.2 Å². The number of hydrogen-bond donors (Lipinski definition) is 0. The first-order chi connectivity index (χ1) is 15.5. The molecule has 0 radical (unpaired) electrons. The van der Waals surface area contributed by atoms with Gasteiger partial charge in [0.25, 0.3) is 10.0 Å². The van der Waals surface area contributed by atoms with E-state index in [4.69, 9.17) is 9.47 Å². The Hall–Kier alpha value is -3.84. The van der Waals surface area contributed by atoms with Gasteiger partial charge in [-0.05, 0) is 42.0 Å². The van der Waals surface area contributed by atoms with Gasteiger partial charge >= 0.3 is 5.97 Å². The molecule has 0 spiro atoms. The van der Waals surface area contributed by atoms with Crippen LogP contribution in [-0.4, -0.2) is 32.6 Å². The summed E-state index contributed by atoms with van der Waals surface area (Å²) in [5.41, 5.74) is 2.27. The molecule has 0 atom stereocenters. The second-order valence-electron chi connectivity index (χ2n) is 6.99. The van der Waals surface area contributed by atoms with Crippen LogP contribution in [0.4, 0.5) is 0 Å². The first-order valence-corrected chi connectivity index (χ1v) is 11.2. The number of esters is 1. The van der Waals surface area contributed by atoms with E-state index in [-0.39, 0.29) is 4.90 Å². The van der Waals surface area contributed by atoms with Crippen LogP contribution in [0.3, 0.4) is 0 Å². The molecule has 7 heteroatoms. The summed E-state index contributed by atoms with van der Waals surface area (Å²) in [5.74, 6) is 0.165. The van der Waals surface area contributed by atoms with Gasteiger partial charge < -0.3 is 9.47 Å². The maximum atomic E-state index is 13.3. The van der Waals surface area contributed by atoms with Crippen molar-refractivity contribution >= 4 is 39.0 Å². The second kappa shape index (κ2) is 8.72. The van der Waals surface area contributed by atoms with Crippen molar-refractivity contribution in [2.45, 2.75) is 4.90 Å². The van der Waals surface area contributed by atoms with Gasteiger partial charge in [-0.15, -0.1) is 0 Å². The first kappa shape index (κ1) is 21.4. The number of rotatable bonds is 6. The molecular formula is C25H21NO5S. The fourth-order valence-electron chi connectivity index (χ4n) is 3.49. The van der Waals surface area contributed by atoms with Crippen molar-refractivity contribution < 1.29 is 22.7 Å². The molecule has 0 N–H and O–H groups in total. The Kier molecular flexibility index (Phi) is 5.83. The van der Waals surface area contributed by atoms with E-state index in [0.29, 0.717) is 33.3 Å². The molecule has 0 fully saturated rings. The van der Waals surface area contributed by atoms with Crippen LogP contribution >= 0.6 is 0 Å². The molecule has 162 valence electrons. The normalized spacial score (nSPS) is 11.7. The van der Waals surface area contributed by atoms with Crippen molar-refractivity contribution in [3.05, 3.63) is 95.7 Å². The molecule has 1 heterocycles. The molecular weight excluding hydrogens is 426 g/mol. The van der Waals surface area contributed by atoms with Gasteiger partial charge in [0, 0.05) is 17.1 Å². The molecule has 0 unspecified atom stereocenters. The van der Waals surface area contributed by atoms with E-state index in [1.54, 1.807) is 92.2 Å². The summed E-state index contributed by atoms with van der Waals surface area (Å²) in [6, 6.07) is 20.5. The fourth-order valence-corrected chi connectivity index (χ4v) is 4.89. The molecule has 0 aliphatic rings. The summed E-state index contributed by atoms with van der Waals surface area (Å²) < 4.78 is 38.1. The largest absolute Gasteiger partial charge is 0.497 e. The van der Waals surface area contributed by atoms with Gasteiger partial charge in [-0.2, -0.15) is 0 Å². The van der Waals surface area contributed by atoms with E-state index < -0.39 is 16.0 Å². The summed E-state index contributed by atoms with van der Waals surface area (Å²) in [5, 5.41) is 0.704. The Balaban J connectivity index is 1.88. The third-order valence-electron chi connectivity index (χ3n) is 5.12. The molecule has 32 heavy (non-hydrogen) atoms. The number of aromatic nitrogens is 1. The van der Waals surface area contributed by atoms with Gasteiger partial charge in [0.05, 0.1) is 30.2 Å². The highest BCUT2D eigenvalue weighted by Crippen LogP contribution is 2.30. The van der Waals surface area contributed by atoms with Crippen molar-refractivity contribution in [3.8, 4) is 5.75 Å². The van der Waals surface area contributed by atoms with Crippen LogP contribution in [-0.2, 0) is 14.8 Å². The highest BCUT2D eigenvalue weighted by atomic mass is 32.2. The minimum Gasteiger partial charge on any atom is -0.497 e. The maximum Gasteiger partial charge on any atom is 0.338 e. The first-order valence-electron chi connectivity index (χ1n) is 9.81. The summed E-state index contributed by atoms with van der Waals surface area (Å²) in [6.07, 6.45) is 5.12. The summed E-state index contributed by atoms with van der Waals surface area (Å²) in [6.45, 7) is 0. The number of ether oxygens (including phenoxy) is 2. The predicted molar refractivity (Wildman–Crippen MR) is 124 cm³/mol. The Bertz CT molecular complexity index is 1420.